The second-order valence-electron chi connectivity index (χ2n) is 10.8. The van der Waals surface area contributed by atoms with Gasteiger partial charge in [0.15, 0.2) is 11.2 Å². The lowest BCUT2D eigenvalue weighted by atomic mass is 10.1. The lowest BCUT2D eigenvalue weighted by molar-refractivity contribution is -0.402. The molecule has 0 aliphatic heterocycles. The maximum absolute atomic E-state index is 13.8. The molecule has 19 nitrogen and oxygen atoms in total. The van der Waals surface area contributed by atoms with Crippen molar-refractivity contribution >= 4 is 71.4 Å². The van der Waals surface area contributed by atoms with Gasteiger partial charge in [0, 0.05) is 42.6 Å². The summed E-state index contributed by atoms with van der Waals surface area (Å²) in [7, 11) is -3.76. The van der Waals surface area contributed by atoms with Crippen LogP contribution in [0.4, 0.5) is 17.5 Å². The summed E-state index contributed by atoms with van der Waals surface area (Å²) in [6.07, 6.45) is 2.22. The Kier molecular flexibility index (Phi) is 14.2. The topological polar surface area (TPSA) is 274 Å². The standard InChI is InChI=1S/C29H35Cl2N10O9P/c30-10-13-40(14-11-31)51(48,49-17-21-8-9-23(50-21)41(46)47)35-12-2-1-3-22(28(44)45)37-26(42)18-4-6-19(7-5-18)33-15-20-16-34-25-24(36-20)27(43)39-29(32)38-25/h4-9,16,22,33H,1-3,10-15,17H2,(H,35,48)(H,37,42)(H,44,45)(H3,32,34,38,39,43). The molecule has 0 spiro atoms. The Labute approximate surface area is 300 Å². The number of rotatable bonds is 21. The van der Waals surface area contributed by atoms with E-state index in [9.17, 15) is 34.2 Å². The fourth-order valence-electron chi connectivity index (χ4n) is 4.67. The molecule has 0 saturated heterocycles. The van der Waals surface area contributed by atoms with E-state index < -0.39 is 42.0 Å². The smallest absolute Gasteiger partial charge is 0.433 e. The number of alkyl halides is 2. The molecule has 3 heterocycles. The van der Waals surface area contributed by atoms with Crippen molar-refractivity contribution in [2.24, 2.45) is 0 Å². The van der Waals surface area contributed by atoms with Gasteiger partial charge in [0.05, 0.1) is 24.5 Å². The van der Waals surface area contributed by atoms with Crippen LogP contribution in [0.5, 0.6) is 0 Å². The summed E-state index contributed by atoms with van der Waals surface area (Å²) in [5.74, 6) is -2.04. The maximum atomic E-state index is 13.8. The number of unbranched alkanes of at least 4 members (excludes halogenated alkanes) is 1. The fourth-order valence-corrected chi connectivity index (χ4v) is 7.24. The number of amides is 1. The van der Waals surface area contributed by atoms with Crippen LogP contribution in [-0.2, 0) is 27.0 Å². The third-order valence-electron chi connectivity index (χ3n) is 7.21. The number of carboxylic acid groups (broad SMARTS) is 1. The van der Waals surface area contributed by atoms with Crippen molar-refractivity contribution in [3.8, 4) is 0 Å². The summed E-state index contributed by atoms with van der Waals surface area (Å²) in [6, 6.07) is 7.60. The average molecular weight is 770 g/mol. The molecule has 0 bridgehead atoms. The van der Waals surface area contributed by atoms with Gasteiger partial charge in [-0.05, 0) is 49.6 Å². The summed E-state index contributed by atoms with van der Waals surface area (Å²) in [5, 5.41) is 29.2. The van der Waals surface area contributed by atoms with Crippen molar-refractivity contribution in [3.63, 3.8) is 0 Å². The quantitative estimate of drug-likeness (QED) is 0.0233. The van der Waals surface area contributed by atoms with Crippen molar-refractivity contribution in [1.29, 1.82) is 0 Å². The van der Waals surface area contributed by atoms with E-state index in [1.807, 2.05) is 0 Å². The zero-order valence-electron chi connectivity index (χ0n) is 26.9. The first-order valence-electron chi connectivity index (χ1n) is 15.4. The molecule has 1 aromatic carbocycles. The molecular weight excluding hydrogens is 734 g/mol. The minimum absolute atomic E-state index is 0.0442. The normalized spacial score (nSPS) is 13.2. The highest BCUT2D eigenvalue weighted by Crippen LogP contribution is 2.47. The molecule has 4 aromatic rings. The Bertz CT molecular complexity index is 1920. The number of H-pyrrole nitrogens is 1. The molecule has 2 unspecified atom stereocenters. The van der Waals surface area contributed by atoms with Crippen LogP contribution in [0, 0.1) is 10.1 Å². The third-order valence-corrected chi connectivity index (χ3v) is 9.79. The lowest BCUT2D eigenvalue weighted by Gasteiger charge is -2.30. The zero-order chi connectivity index (χ0) is 37.0. The van der Waals surface area contributed by atoms with Gasteiger partial charge in [0.2, 0.25) is 5.95 Å². The maximum Gasteiger partial charge on any atom is 0.433 e. The molecule has 0 aliphatic carbocycles. The van der Waals surface area contributed by atoms with E-state index in [2.05, 4.69) is 35.7 Å². The number of hydrogen-bond acceptors (Lipinski definition) is 13. The molecule has 0 saturated carbocycles. The summed E-state index contributed by atoms with van der Waals surface area (Å²) >= 11 is 11.8. The van der Waals surface area contributed by atoms with E-state index >= 15 is 0 Å². The van der Waals surface area contributed by atoms with Crippen LogP contribution in [0.25, 0.3) is 11.2 Å². The fraction of sp³-hybridized carbons (Fsp3) is 0.379. The van der Waals surface area contributed by atoms with Crippen molar-refractivity contribution in [1.82, 2.24) is 35.0 Å². The first-order valence-corrected chi connectivity index (χ1v) is 18.1. The van der Waals surface area contributed by atoms with Crippen LogP contribution in [0.15, 0.2) is 51.8 Å². The van der Waals surface area contributed by atoms with Crippen LogP contribution in [0.2, 0.25) is 0 Å². The van der Waals surface area contributed by atoms with Crippen molar-refractivity contribution in [3.05, 3.63) is 80.1 Å². The Hall–Kier alpha value is -4.65. The summed E-state index contributed by atoms with van der Waals surface area (Å²) in [5.41, 5.74) is 6.50. The van der Waals surface area contributed by atoms with Gasteiger partial charge in [-0.1, -0.05) is 0 Å². The predicted molar refractivity (Wildman–Crippen MR) is 188 cm³/mol. The molecule has 3 aromatic heterocycles. The third kappa shape index (κ3) is 11.2. The van der Waals surface area contributed by atoms with Gasteiger partial charge in [-0.2, -0.15) is 4.98 Å². The lowest BCUT2D eigenvalue weighted by Crippen LogP contribution is -2.40. The Morgan fingerprint density at radius 3 is 2.51 bits per heavy atom. The summed E-state index contributed by atoms with van der Waals surface area (Å²) in [4.78, 5) is 61.8. The number of carbonyl (C=O) groups is 2. The molecule has 1 amide bonds. The zero-order valence-corrected chi connectivity index (χ0v) is 29.3. The largest absolute Gasteiger partial charge is 0.480 e. The van der Waals surface area contributed by atoms with Gasteiger partial charge in [-0.15, -0.1) is 23.2 Å². The average Bonchev–Trinajstić information content (AvgIpc) is 3.59. The predicted octanol–water partition coefficient (Wildman–Crippen LogP) is 3.46. The minimum atomic E-state index is -3.76. The van der Waals surface area contributed by atoms with E-state index in [0.717, 1.165) is 6.07 Å². The molecule has 22 heteroatoms. The molecule has 51 heavy (non-hydrogen) atoms. The van der Waals surface area contributed by atoms with E-state index in [0.29, 0.717) is 24.2 Å². The van der Waals surface area contributed by atoms with Gasteiger partial charge < -0.3 is 25.9 Å². The first kappa shape index (κ1) is 39.1. The summed E-state index contributed by atoms with van der Waals surface area (Å²) in [6.45, 7) is 0.340. The number of aromatic amines is 1. The second-order valence-corrected chi connectivity index (χ2v) is 13.7. The van der Waals surface area contributed by atoms with Gasteiger partial charge in [-0.3, -0.25) is 33.8 Å². The molecule has 2 atom stereocenters. The molecule has 0 aliphatic rings. The number of benzene rings is 1. The highest BCUT2D eigenvalue weighted by molar-refractivity contribution is 7.54. The number of halogens is 2. The number of carboxylic acids is 1. The van der Waals surface area contributed by atoms with Crippen LogP contribution in [0.3, 0.4) is 0 Å². The Balaban J connectivity index is 1.27. The van der Waals surface area contributed by atoms with E-state index in [1.165, 1.54) is 29.1 Å². The molecule has 7 N–H and O–H groups in total. The number of carbonyl (C=O) groups excluding carboxylic acids is 1. The monoisotopic (exact) mass is 768 g/mol. The number of aliphatic carboxylic acids is 1. The number of furan rings is 1. The van der Waals surface area contributed by atoms with Crippen molar-refractivity contribution < 1.29 is 33.1 Å². The second kappa shape index (κ2) is 18.5. The minimum Gasteiger partial charge on any atom is -0.480 e. The molecular formula is C29H35Cl2N10O9P. The number of nitrogens with two attached hydrogens (primary N) is 1. The SMILES string of the molecule is Nc1nc2ncc(CNc3ccc(C(=O)NC(CCCCNP(=O)(OCc4ccc([N+](=O)[O-])o4)N(CCCl)CCCl)C(=O)O)cc3)nc2c(=O)[nH]1. The van der Waals surface area contributed by atoms with Gasteiger partial charge in [0.25, 0.3) is 11.5 Å². The van der Waals surface area contributed by atoms with Crippen molar-refractivity contribution in [2.45, 2.75) is 38.5 Å². The van der Waals surface area contributed by atoms with E-state index in [-0.39, 0.29) is 79.4 Å². The molecule has 4 rings (SSSR count). The van der Waals surface area contributed by atoms with Crippen LogP contribution < -0.4 is 27.0 Å². The highest BCUT2D eigenvalue weighted by Gasteiger charge is 2.32. The Morgan fingerprint density at radius 2 is 1.86 bits per heavy atom. The number of aromatic nitrogens is 4. The van der Waals surface area contributed by atoms with Crippen LogP contribution in [-0.4, -0.2) is 83.9 Å². The van der Waals surface area contributed by atoms with Crippen molar-refractivity contribution in [2.75, 3.05) is 42.4 Å². The number of nitrogens with one attached hydrogen (secondary N) is 4. The van der Waals surface area contributed by atoms with Gasteiger partial charge in [0.1, 0.15) is 23.3 Å². The Morgan fingerprint density at radius 1 is 1.14 bits per heavy atom. The first-order chi connectivity index (χ1) is 24.4. The highest BCUT2D eigenvalue weighted by atomic mass is 35.5. The van der Waals surface area contributed by atoms with Gasteiger partial charge >= 0.3 is 19.5 Å². The van der Waals surface area contributed by atoms with Crippen LogP contribution >= 0.6 is 30.9 Å². The number of nitro groups is 1. The van der Waals surface area contributed by atoms with Gasteiger partial charge in [-0.25, -0.2) is 24.5 Å². The molecule has 0 fully saturated rings. The van der Waals surface area contributed by atoms with Crippen LogP contribution in [0.1, 0.15) is 41.1 Å². The number of fused-ring (bicyclic) bond motifs is 1. The number of nitrogens with zero attached hydrogens (tertiary/aromatic N) is 5. The number of nitrogen functional groups attached to an aromatic ring is 1. The molecule has 274 valence electrons. The number of hydrogen-bond donors (Lipinski definition) is 6. The molecule has 0 radical (unpaired) electrons. The number of anilines is 2. The summed E-state index contributed by atoms with van der Waals surface area (Å²) < 4.78 is 26.0. The van der Waals surface area contributed by atoms with E-state index in [1.54, 1.807) is 12.1 Å². The van der Waals surface area contributed by atoms with E-state index in [4.69, 9.17) is 37.9 Å².